The van der Waals surface area contributed by atoms with Crippen molar-refractivity contribution < 1.29 is 27.5 Å². The molecule has 8 nitrogen and oxygen atoms in total. The number of H-pyrrole nitrogens is 1. The number of anilines is 2. The Balaban J connectivity index is 1.31. The van der Waals surface area contributed by atoms with E-state index in [-0.39, 0.29) is 32.1 Å². The van der Waals surface area contributed by atoms with Crippen molar-refractivity contribution in [3.05, 3.63) is 53.2 Å². The van der Waals surface area contributed by atoms with Crippen molar-refractivity contribution in [3.8, 4) is 0 Å². The highest BCUT2D eigenvalue weighted by atomic mass is 19.4. The fourth-order valence-electron chi connectivity index (χ4n) is 4.37. The van der Waals surface area contributed by atoms with Gasteiger partial charge in [0.2, 0.25) is 5.91 Å². The van der Waals surface area contributed by atoms with Crippen molar-refractivity contribution >= 4 is 34.1 Å². The maximum absolute atomic E-state index is 13.2. The summed E-state index contributed by atoms with van der Waals surface area (Å²) in [5.74, 6) is -0.878. The quantitative estimate of drug-likeness (QED) is 0.607. The molecule has 3 aromatic rings. The maximum Gasteiger partial charge on any atom is 0.416 e. The van der Waals surface area contributed by atoms with Gasteiger partial charge in [-0.3, -0.25) is 14.7 Å². The van der Waals surface area contributed by atoms with Gasteiger partial charge in [0.25, 0.3) is 5.91 Å². The number of hydrogen-bond donors (Lipinski definition) is 2. The molecule has 1 unspecified atom stereocenters. The Labute approximate surface area is 192 Å². The number of rotatable bonds is 4. The number of nitrogens with zero attached hydrogens (tertiary/aromatic N) is 3. The number of benzene rings is 2. The lowest BCUT2D eigenvalue weighted by Crippen LogP contribution is -2.53. The number of ether oxygens (including phenoxy) is 1. The lowest BCUT2D eigenvalue weighted by molar-refractivity contribution is -0.236. The van der Waals surface area contributed by atoms with E-state index < -0.39 is 24.7 Å². The molecule has 2 aliphatic heterocycles. The average Bonchev–Trinajstić information content (AvgIpc) is 3.33. The molecular weight excluding hydrogens is 451 g/mol. The van der Waals surface area contributed by atoms with Crippen LogP contribution in [0.2, 0.25) is 0 Å². The third-order valence-electron chi connectivity index (χ3n) is 6.15. The molecule has 0 spiro atoms. The normalized spacial score (nSPS) is 18.5. The SMILES string of the molecule is Cc1[nH]nc2cc(Nc3cccc4c3C(=O)N(CC(=O)N3CCOC(C(F)(F)F)C3)C4)ccc12. The molecule has 1 atom stereocenters. The monoisotopic (exact) mass is 473 g/mol. The summed E-state index contributed by atoms with van der Waals surface area (Å²) in [5, 5.41) is 11.4. The van der Waals surface area contributed by atoms with E-state index in [0.29, 0.717) is 11.3 Å². The number of hydrogen-bond acceptors (Lipinski definition) is 5. The van der Waals surface area contributed by atoms with E-state index in [1.165, 1.54) is 4.90 Å². The topological polar surface area (TPSA) is 90.6 Å². The number of carbonyl (C=O) groups is 2. The summed E-state index contributed by atoms with van der Waals surface area (Å²) in [6.45, 7) is 1.14. The van der Waals surface area contributed by atoms with Crippen LogP contribution in [-0.4, -0.2) is 70.3 Å². The van der Waals surface area contributed by atoms with Crippen molar-refractivity contribution in [1.82, 2.24) is 20.0 Å². The van der Waals surface area contributed by atoms with Gasteiger partial charge in [0.05, 0.1) is 29.9 Å². The molecule has 178 valence electrons. The summed E-state index contributed by atoms with van der Waals surface area (Å²) in [4.78, 5) is 28.3. The first-order valence-electron chi connectivity index (χ1n) is 10.8. The van der Waals surface area contributed by atoms with E-state index in [4.69, 9.17) is 4.74 Å². The number of carbonyl (C=O) groups excluding carboxylic acids is 2. The van der Waals surface area contributed by atoms with Crippen molar-refractivity contribution in [2.75, 3.05) is 31.6 Å². The molecule has 11 heteroatoms. The molecule has 34 heavy (non-hydrogen) atoms. The Kier molecular flexibility index (Phi) is 5.43. The van der Waals surface area contributed by atoms with Crippen LogP contribution in [0.5, 0.6) is 0 Å². The molecule has 1 saturated heterocycles. The van der Waals surface area contributed by atoms with Gasteiger partial charge >= 0.3 is 6.18 Å². The minimum atomic E-state index is -4.54. The number of alkyl halides is 3. The highest BCUT2D eigenvalue weighted by molar-refractivity contribution is 6.05. The van der Waals surface area contributed by atoms with Crippen LogP contribution < -0.4 is 5.32 Å². The van der Waals surface area contributed by atoms with Crippen LogP contribution in [0.15, 0.2) is 36.4 Å². The van der Waals surface area contributed by atoms with Crippen LogP contribution in [-0.2, 0) is 16.1 Å². The molecular formula is C23H22F3N5O3. The first-order chi connectivity index (χ1) is 16.2. The fourth-order valence-corrected chi connectivity index (χ4v) is 4.37. The van der Waals surface area contributed by atoms with Crippen molar-refractivity contribution in [3.63, 3.8) is 0 Å². The van der Waals surface area contributed by atoms with E-state index >= 15 is 0 Å². The molecule has 2 aromatic carbocycles. The number of aromatic nitrogens is 2. The van der Waals surface area contributed by atoms with Gasteiger partial charge in [-0.15, -0.1) is 0 Å². The van der Waals surface area contributed by atoms with Crippen LogP contribution in [0.4, 0.5) is 24.5 Å². The van der Waals surface area contributed by atoms with Gasteiger partial charge in [0.15, 0.2) is 6.10 Å². The predicted octanol–water partition coefficient (Wildman–Crippen LogP) is 3.36. The Bertz CT molecular complexity index is 1270. The summed E-state index contributed by atoms with van der Waals surface area (Å²) in [6, 6.07) is 11.1. The first-order valence-corrected chi connectivity index (χ1v) is 10.8. The largest absolute Gasteiger partial charge is 0.416 e. The zero-order valence-corrected chi connectivity index (χ0v) is 18.3. The first kappa shape index (κ1) is 22.2. The van der Waals surface area contributed by atoms with Crippen molar-refractivity contribution in [1.29, 1.82) is 0 Å². The molecule has 3 heterocycles. The molecule has 0 bridgehead atoms. The molecule has 0 radical (unpaired) electrons. The third-order valence-corrected chi connectivity index (χ3v) is 6.15. The number of fused-ring (bicyclic) bond motifs is 2. The summed E-state index contributed by atoms with van der Waals surface area (Å²) in [6.07, 6.45) is -6.56. The average molecular weight is 473 g/mol. The van der Waals surface area contributed by atoms with Gasteiger partial charge in [-0.05, 0) is 36.8 Å². The molecule has 2 N–H and O–H groups in total. The van der Waals surface area contributed by atoms with Crippen LogP contribution in [0.1, 0.15) is 21.6 Å². The van der Waals surface area contributed by atoms with Gasteiger partial charge in [0.1, 0.15) is 6.54 Å². The zero-order chi connectivity index (χ0) is 24.0. The van der Waals surface area contributed by atoms with Gasteiger partial charge in [-0.25, -0.2) is 0 Å². The number of amides is 2. The number of aromatic amines is 1. The van der Waals surface area contributed by atoms with Crippen molar-refractivity contribution in [2.24, 2.45) is 0 Å². The lowest BCUT2D eigenvalue weighted by atomic mass is 10.1. The van der Waals surface area contributed by atoms with E-state index in [1.54, 1.807) is 12.1 Å². The molecule has 1 fully saturated rings. The number of nitrogens with one attached hydrogen (secondary N) is 2. The number of halogens is 3. The Hall–Kier alpha value is -3.60. The van der Waals surface area contributed by atoms with Gasteiger partial charge in [0, 0.05) is 29.9 Å². The minimum absolute atomic E-state index is 0.0579. The minimum Gasteiger partial charge on any atom is -0.365 e. The molecule has 0 aliphatic carbocycles. The summed E-state index contributed by atoms with van der Waals surface area (Å²) >= 11 is 0. The van der Waals surface area contributed by atoms with E-state index in [2.05, 4.69) is 15.5 Å². The molecule has 2 aliphatic rings. The van der Waals surface area contributed by atoms with Gasteiger partial charge < -0.3 is 19.9 Å². The highest BCUT2D eigenvalue weighted by Gasteiger charge is 2.44. The Morgan fingerprint density at radius 3 is 2.91 bits per heavy atom. The maximum atomic E-state index is 13.2. The van der Waals surface area contributed by atoms with Crippen molar-refractivity contribution in [2.45, 2.75) is 25.7 Å². The van der Waals surface area contributed by atoms with Gasteiger partial charge in [-0.2, -0.15) is 18.3 Å². The van der Waals surface area contributed by atoms with Crippen LogP contribution >= 0.6 is 0 Å². The van der Waals surface area contributed by atoms with Crippen LogP contribution in [0.25, 0.3) is 10.9 Å². The number of morpholine rings is 1. The smallest absolute Gasteiger partial charge is 0.365 e. The van der Waals surface area contributed by atoms with E-state index in [9.17, 15) is 22.8 Å². The molecule has 2 amide bonds. The second-order valence-corrected chi connectivity index (χ2v) is 8.45. The summed E-state index contributed by atoms with van der Waals surface area (Å²) in [5.41, 5.74) is 4.28. The molecule has 0 saturated carbocycles. The second kappa shape index (κ2) is 8.32. The third kappa shape index (κ3) is 4.07. The summed E-state index contributed by atoms with van der Waals surface area (Å²) in [7, 11) is 0. The van der Waals surface area contributed by atoms with Crippen LogP contribution in [0, 0.1) is 6.92 Å². The summed E-state index contributed by atoms with van der Waals surface area (Å²) < 4.78 is 43.7. The predicted molar refractivity (Wildman–Crippen MR) is 118 cm³/mol. The Morgan fingerprint density at radius 1 is 1.29 bits per heavy atom. The zero-order valence-electron chi connectivity index (χ0n) is 18.3. The van der Waals surface area contributed by atoms with Crippen LogP contribution in [0.3, 0.4) is 0 Å². The number of aryl methyl sites for hydroxylation is 1. The van der Waals surface area contributed by atoms with E-state index in [1.807, 2.05) is 31.2 Å². The second-order valence-electron chi connectivity index (χ2n) is 8.45. The Morgan fingerprint density at radius 2 is 2.12 bits per heavy atom. The molecule has 5 rings (SSSR count). The van der Waals surface area contributed by atoms with E-state index in [0.717, 1.165) is 32.7 Å². The fraction of sp³-hybridized carbons (Fsp3) is 0.348. The van der Waals surface area contributed by atoms with Gasteiger partial charge in [-0.1, -0.05) is 12.1 Å². The molecule has 1 aromatic heterocycles. The highest BCUT2D eigenvalue weighted by Crippen LogP contribution is 2.32. The lowest BCUT2D eigenvalue weighted by Gasteiger charge is -2.34. The standard InChI is InChI=1S/C23H22F3N5O3/c1-13-16-6-5-15(9-18(16)29-28-13)27-17-4-2-3-14-10-31(22(33)21(14)17)12-20(32)30-7-8-34-19(11-30)23(24,25)26/h2-6,9,19,27H,7-8,10-12H2,1H3,(H,28,29).